The number of aryl methyl sites for hydroxylation is 1. The van der Waals surface area contributed by atoms with E-state index in [1.807, 2.05) is 48.4 Å². The first-order valence-electron chi connectivity index (χ1n) is 8.61. The van der Waals surface area contributed by atoms with E-state index >= 15 is 0 Å². The SMILES string of the molecule is CN(C)c1cc(CCC2CN(C(=O)Cn3cccn3)CCO2)ccn1. The van der Waals surface area contributed by atoms with Gasteiger partial charge in [0.25, 0.3) is 0 Å². The second kappa shape index (κ2) is 8.11. The van der Waals surface area contributed by atoms with Crippen molar-refractivity contribution < 1.29 is 9.53 Å². The van der Waals surface area contributed by atoms with Crippen LogP contribution in [-0.4, -0.2) is 65.5 Å². The van der Waals surface area contributed by atoms with Crippen molar-refractivity contribution in [3.63, 3.8) is 0 Å². The number of ether oxygens (including phenoxy) is 1. The van der Waals surface area contributed by atoms with Crippen LogP contribution in [0.3, 0.4) is 0 Å². The molecule has 0 bridgehead atoms. The van der Waals surface area contributed by atoms with Gasteiger partial charge in [-0.05, 0) is 36.6 Å². The van der Waals surface area contributed by atoms with Crippen LogP contribution in [0.5, 0.6) is 0 Å². The molecule has 7 nitrogen and oxygen atoms in total. The number of aromatic nitrogens is 3. The molecule has 1 saturated heterocycles. The van der Waals surface area contributed by atoms with Crippen LogP contribution in [0.15, 0.2) is 36.8 Å². The molecule has 0 saturated carbocycles. The van der Waals surface area contributed by atoms with E-state index in [0.29, 0.717) is 19.7 Å². The van der Waals surface area contributed by atoms with E-state index in [-0.39, 0.29) is 18.6 Å². The first-order valence-corrected chi connectivity index (χ1v) is 8.61. The number of carbonyl (C=O) groups excluding carboxylic acids is 1. The predicted molar refractivity (Wildman–Crippen MR) is 95.4 cm³/mol. The number of pyridine rings is 1. The molecule has 25 heavy (non-hydrogen) atoms. The molecule has 1 unspecified atom stereocenters. The Morgan fingerprint density at radius 2 is 2.28 bits per heavy atom. The third-order valence-electron chi connectivity index (χ3n) is 4.37. The van der Waals surface area contributed by atoms with Gasteiger partial charge in [0.15, 0.2) is 0 Å². The minimum absolute atomic E-state index is 0.0753. The largest absolute Gasteiger partial charge is 0.375 e. The molecule has 3 heterocycles. The molecule has 1 aliphatic heterocycles. The molecule has 3 rings (SSSR count). The number of hydrogen-bond donors (Lipinski definition) is 0. The highest BCUT2D eigenvalue weighted by Crippen LogP contribution is 2.15. The van der Waals surface area contributed by atoms with E-state index in [1.165, 1.54) is 5.56 Å². The summed E-state index contributed by atoms with van der Waals surface area (Å²) >= 11 is 0. The fourth-order valence-corrected chi connectivity index (χ4v) is 2.94. The van der Waals surface area contributed by atoms with E-state index < -0.39 is 0 Å². The number of morpholine rings is 1. The average Bonchev–Trinajstić information content (AvgIpc) is 3.13. The van der Waals surface area contributed by atoms with E-state index in [2.05, 4.69) is 16.1 Å². The molecule has 2 aromatic heterocycles. The first kappa shape index (κ1) is 17.4. The maximum absolute atomic E-state index is 12.4. The van der Waals surface area contributed by atoms with Gasteiger partial charge >= 0.3 is 0 Å². The lowest BCUT2D eigenvalue weighted by molar-refractivity contribution is -0.139. The summed E-state index contributed by atoms with van der Waals surface area (Å²) in [5, 5.41) is 4.10. The van der Waals surface area contributed by atoms with Crippen LogP contribution in [-0.2, 0) is 22.5 Å². The van der Waals surface area contributed by atoms with Gasteiger partial charge in [0.1, 0.15) is 12.4 Å². The minimum Gasteiger partial charge on any atom is -0.375 e. The highest BCUT2D eigenvalue weighted by Gasteiger charge is 2.24. The van der Waals surface area contributed by atoms with Gasteiger partial charge in [-0.2, -0.15) is 5.10 Å². The molecule has 0 N–H and O–H groups in total. The molecular weight excluding hydrogens is 318 g/mol. The van der Waals surface area contributed by atoms with Crippen LogP contribution in [0.1, 0.15) is 12.0 Å². The molecule has 134 valence electrons. The minimum atomic E-state index is 0.0753. The average molecular weight is 343 g/mol. The zero-order chi connectivity index (χ0) is 17.6. The molecule has 0 spiro atoms. The van der Waals surface area contributed by atoms with E-state index in [0.717, 1.165) is 18.7 Å². The van der Waals surface area contributed by atoms with Gasteiger partial charge in [-0.3, -0.25) is 9.48 Å². The maximum atomic E-state index is 12.4. The topological polar surface area (TPSA) is 63.5 Å². The Morgan fingerprint density at radius 3 is 3.04 bits per heavy atom. The lowest BCUT2D eigenvalue weighted by Gasteiger charge is -2.33. The summed E-state index contributed by atoms with van der Waals surface area (Å²) in [5.74, 6) is 1.05. The van der Waals surface area contributed by atoms with Gasteiger partial charge in [-0.15, -0.1) is 0 Å². The second-order valence-electron chi connectivity index (χ2n) is 6.49. The Bertz CT molecular complexity index is 687. The Labute approximate surface area is 148 Å². The second-order valence-corrected chi connectivity index (χ2v) is 6.49. The van der Waals surface area contributed by atoms with E-state index in [9.17, 15) is 4.79 Å². The number of amides is 1. The number of hydrogen-bond acceptors (Lipinski definition) is 5. The Balaban J connectivity index is 1.51. The molecule has 1 fully saturated rings. The summed E-state index contributed by atoms with van der Waals surface area (Å²) in [4.78, 5) is 20.6. The molecule has 1 atom stereocenters. The Hall–Kier alpha value is -2.41. The predicted octanol–water partition coefficient (Wildman–Crippen LogP) is 1.20. The van der Waals surface area contributed by atoms with Crippen LogP contribution < -0.4 is 4.90 Å². The van der Waals surface area contributed by atoms with Crippen molar-refractivity contribution in [1.29, 1.82) is 0 Å². The van der Waals surface area contributed by atoms with Crippen molar-refractivity contribution in [2.45, 2.75) is 25.5 Å². The van der Waals surface area contributed by atoms with Crippen molar-refractivity contribution in [2.75, 3.05) is 38.7 Å². The van der Waals surface area contributed by atoms with Crippen LogP contribution in [0.25, 0.3) is 0 Å². The summed E-state index contributed by atoms with van der Waals surface area (Å²) in [5.41, 5.74) is 1.24. The third-order valence-corrected chi connectivity index (χ3v) is 4.37. The highest BCUT2D eigenvalue weighted by atomic mass is 16.5. The first-order chi connectivity index (χ1) is 12.1. The molecule has 2 aromatic rings. The van der Waals surface area contributed by atoms with Gasteiger partial charge in [0.2, 0.25) is 5.91 Å². The molecule has 0 aromatic carbocycles. The van der Waals surface area contributed by atoms with Gasteiger partial charge in [-0.1, -0.05) is 0 Å². The molecule has 0 radical (unpaired) electrons. The zero-order valence-corrected chi connectivity index (χ0v) is 14.8. The number of anilines is 1. The van der Waals surface area contributed by atoms with Crippen LogP contribution in [0.2, 0.25) is 0 Å². The fourth-order valence-electron chi connectivity index (χ4n) is 2.94. The summed E-state index contributed by atoms with van der Waals surface area (Å²) in [6, 6.07) is 5.96. The summed E-state index contributed by atoms with van der Waals surface area (Å²) in [6.07, 6.45) is 7.21. The lowest BCUT2D eigenvalue weighted by atomic mass is 10.1. The van der Waals surface area contributed by atoms with Crippen LogP contribution in [0.4, 0.5) is 5.82 Å². The molecule has 1 aliphatic rings. The molecular formula is C18H25N5O2. The summed E-state index contributed by atoms with van der Waals surface area (Å²) in [7, 11) is 3.97. The highest BCUT2D eigenvalue weighted by molar-refractivity contribution is 5.76. The zero-order valence-electron chi connectivity index (χ0n) is 14.8. The lowest BCUT2D eigenvalue weighted by Crippen LogP contribution is -2.46. The van der Waals surface area contributed by atoms with Crippen molar-refractivity contribution in [3.05, 3.63) is 42.4 Å². The quantitative estimate of drug-likeness (QED) is 0.789. The van der Waals surface area contributed by atoms with Crippen molar-refractivity contribution in [1.82, 2.24) is 19.7 Å². The normalized spacial score (nSPS) is 17.5. The van der Waals surface area contributed by atoms with Gasteiger partial charge in [-0.25, -0.2) is 4.98 Å². The molecule has 0 aliphatic carbocycles. The Kier molecular flexibility index (Phi) is 5.65. The Morgan fingerprint density at radius 1 is 1.40 bits per heavy atom. The van der Waals surface area contributed by atoms with Gasteiger partial charge < -0.3 is 14.5 Å². The fraction of sp³-hybridized carbons (Fsp3) is 0.500. The van der Waals surface area contributed by atoms with Crippen molar-refractivity contribution >= 4 is 11.7 Å². The molecule has 7 heteroatoms. The number of rotatable bonds is 6. The van der Waals surface area contributed by atoms with Gasteiger partial charge in [0, 0.05) is 45.8 Å². The third kappa shape index (κ3) is 4.79. The number of nitrogens with zero attached hydrogens (tertiary/aromatic N) is 5. The van der Waals surface area contributed by atoms with E-state index in [4.69, 9.17) is 4.74 Å². The van der Waals surface area contributed by atoms with Crippen molar-refractivity contribution in [3.8, 4) is 0 Å². The van der Waals surface area contributed by atoms with E-state index in [1.54, 1.807) is 10.9 Å². The van der Waals surface area contributed by atoms with Gasteiger partial charge in [0.05, 0.1) is 12.7 Å². The number of carbonyl (C=O) groups is 1. The summed E-state index contributed by atoms with van der Waals surface area (Å²) in [6.45, 7) is 2.17. The maximum Gasteiger partial charge on any atom is 0.244 e. The monoisotopic (exact) mass is 343 g/mol. The standard InChI is InChI=1S/C18H25N5O2/c1-21(2)17-12-15(6-8-19-17)4-5-16-13-22(10-11-25-16)18(24)14-23-9-3-7-20-23/h3,6-9,12,16H,4-5,10-11,13-14H2,1-2H3. The molecule has 1 amide bonds. The van der Waals surface area contributed by atoms with Crippen LogP contribution >= 0.6 is 0 Å². The van der Waals surface area contributed by atoms with Crippen LogP contribution in [0, 0.1) is 0 Å². The smallest absolute Gasteiger partial charge is 0.244 e. The summed E-state index contributed by atoms with van der Waals surface area (Å²) < 4.78 is 7.51. The van der Waals surface area contributed by atoms with Crippen molar-refractivity contribution in [2.24, 2.45) is 0 Å².